The van der Waals surface area contributed by atoms with Crippen LogP contribution in [-0.2, 0) is 6.54 Å². The van der Waals surface area contributed by atoms with E-state index in [1.165, 1.54) is 0 Å². The fraction of sp³-hybridized carbons (Fsp3) is 0.357. The molecule has 0 aliphatic carbocycles. The number of hydrogen-bond donors (Lipinski definition) is 1. The number of aliphatic hydroxyl groups excluding tert-OH is 1. The standard InChI is InChI=1S/C14H18N2O3/c1-10-6-7-15-16(10)9-13(17)12-8-11(18-2)4-5-14(12)19-3/h4-8,13,17H,9H2,1-3H3. The molecule has 5 heteroatoms. The van der Waals surface area contributed by atoms with Crippen molar-refractivity contribution in [2.75, 3.05) is 14.2 Å². The van der Waals surface area contributed by atoms with Gasteiger partial charge in [-0.1, -0.05) is 0 Å². The van der Waals surface area contributed by atoms with Crippen molar-refractivity contribution in [3.8, 4) is 11.5 Å². The Bertz CT molecular complexity index is 551. The van der Waals surface area contributed by atoms with Crippen molar-refractivity contribution in [2.45, 2.75) is 19.6 Å². The minimum Gasteiger partial charge on any atom is -0.497 e. The van der Waals surface area contributed by atoms with Gasteiger partial charge in [0.15, 0.2) is 0 Å². The van der Waals surface area contributed by atoms with E-state index in [4.69, 9.17) is 9.47 Å². The van der Waals surface area contributed by atoms with E-state index in [-0.39, 0.29) is 0 Å². The molecule has 2 aromatic rings. The maximum absolute atomic E-state index is 10.4. The van der Waals surface area contributed by atoms with Gasteiger partial charge in [-0.25, -0.2) is 0 Å². The van der Waals surface area contributed by atoms with E-state index in [1.807, 2.05) is 13.0 Å². The molecule has 19 heavy (non-hydrogen) atoms. The summed E-state index contributed by atoms with van der Waals surface area (Å²) in [5.74, 6) is 1.32. The molecule has 1 aromatic carbocycles. The molecule has 1 heterocycles. The molecule has 0 aliphatic rings. The molecule has 5 nitrogen and oxygen atoms in total. The number of methoxy groups -OCH3 is 2. The highest BCUT2D eigenvalue weighted by molar-refractivity contribution is 5.41. The average molecular weight is 262 g/mol. The zero-order valence-electron chi connectivity index (χ0n) is 11.3. The zero-order chi connectivity index (χ0) is 13.8. The second-order valence-electron chi connectivity index (χ2n) is 4.28. The third-order valence-corrected chi connectivity index (χ3v) is 3.07. The fourth-order valence-electron chi connectivity index (χ4n) is 1.95. The lowest BCUT2D eigenvalue weighted by Crippen LogP contribution is -2.12. The Morgan fingerprint density at radius 2 is 2.05 bits per heavy atom. The summed E-state index contributed by atoms with van der Waals surface area (Å²) in [7, 11) is 3.17. The highest BCUT2D eigenvalue weighted by atomic mass is 16.5. The van der Waals surface area contributed by atoms with Crippen LogP contribution in [0.2, 0.25) is 0 Å². The van der Waals surface area contributed by atoms with Crippen molar-refractivity contribution in [3.05, 3.63) is 41.7 Å². The van der Waals surface area contributed by atoms with Crippen molar-refractivity contribution in [1.29, 1.82) is 0 Å². The van der Waals surface area contributed by atoms with Gasteiger partial charge in [-0.3, -0.25) is 4.68 Å². The van der Waals surface area contributed by atoms with Crippen molar-refractivity contribution in [2.24, 2.45) is 0 Å². The van der Waals surface area contributed by atoms with Crippen molar-refractivity contribution in [3.63, 3.8) is 0 Å². The maximum atomic E-state index is 10.4. The summed E-state index contributed by atoms with van der Waals surface area (Å²) in [4.78, 5) is 0. The summed E-state index contributed by atoms with van der Waals surface area (Å²) in [6.45, 7) is 2.32. The number of benzene rings is 1. The van der Waals surface area contributed by atoms with Gasteiger partial charge in [0.05, 0.1) is 20.8 Å². The Kier molecular flexibility index (Phi) is 4.06. The van der Waals surface area contributed by atoms with Gasteiger partial charge in [0.25, 0.3) is 0 Å². The number of hydrogen-bond acceptors (Lipinski definition) is 4. The summed E-state index contributed by atoms with van der Waals surface area (Å²) < 4.78 is 12.2. The highest BCUT2D eigenvalue weighted by Gasteiger charge is 2.16. The fourth-order valence-corrected chi connectivity index (χ4v) is 1.95. The van der Waals surface area contributed by atoms with E-state index < -0.39 is 6.10 Å². The highest BCUT2D eigenvalue weighted by Crippen LogP contribution is 2.30. The molecule has 1 aromatic heterocycles. The van der Waals surface area contributed by atoms with E-state index in [9.17, 15) is 5.11 Å². The first kappa shape index (κ1) is 13.4. The third-order valence-electron chi connectivity index (χ3n) is 3.07. The SMILES string of the molecule is COc1ccc(OC)c(C(O)Cn2nccc2C)c1. The van der Waals surface area contributed by atoms with E-state index >= 15 is 0 Å². The molecule has 1 unspecified atom stereocenters. The average Bonchev–Trinajstić information content (AvgIpc) is 2.83. The monoisotopic (exact) mass is 262 g/mol. The molecule has 0 aliphatic heterocycles. The molecular formula is C14H18N2O3. The minimum atomic E-state index is -0.705. The lowest BCUT2D eigenvalue weighted by Gasteiger charge is -2.16. The lowest BCUT2D eigenvalue weighted by atomic mass is 10.1. The summed E-state index contributed by atoms with van der Waals surface area (Å²) in [6, 6.07) is 7.26. The minimum absolute atomic E-state index is 0.377. The Labute approximate surface area is 112 Å². The van der Waals surface area contributed by atoms with Crippen LogP contribution in [0.3, 0.4) is 0 Å². The zero-order valence-corrected chi connectivity index (χ0v) is 11.3. The van der Waals surface area contributed by atoms with E-state index in [1.54, 1.807) is 43.3 Å². The van der Waals surface area contributed by atoms with Crippen LogP contribution in [0, 0.1) is 6.92 Å². The van der Waals surface area contributed by atoms with Gasteiger partial charge in [-0.05, 0) is 31.2 Å². The van der Waals surface area contributed by atoms with Gasteiger partial charge in [0, 0.05) is 17.5 Å². The number of nitrogens with zero attached hydrogens (tertiary/aromatic N) is 2. The number of aliphatic hydroxyl groups is 1. The molecule has 0 amide bonds. The quantitative estimate of drug-likeness (QED) is 0.894. The largest absolute Gasteiger partial charge is 0.497 e. The molecule has 0 saturated carbocycles. The molecule has 1 atom stereocenters. The molecule has 102 valence electrons. The van der Waals surface area contributed by atoms with Gasteiger partial charge < -0.3 is 14.6 Å². The molecule has 0 radical (unpaired) electrons. The van der Waals surface area contributed by atoms with Crippen molar-refractivity contribution >= 4 is 0 Å². The predicted molar refractivity (Wildman–Crippen MR) is 71.5 cm³/mol. The van der Waals surface area contributed by atoms with Crippen molar-refractivity contribution < 1.29 is 14.6 Å². The van der Waals surface area contributed by atoms with Crippen LogP contribution >= 0.6 is 0 Å². The summed E-state index contributed by atoms with van der Waals surface area (Å²) in [6.07, 6.45) is 1.01. The molecule has 0 bridgehead atoms. The molecule has 0 saturated heterocycles. The summed E-state index contributed by atoms with van der Waals surface area (Å²) in [5, 5.41) is 14.5. The third kappa shape index (κ3) is 2.88. The van der Waals surface area contributed by atoms with Crippen LogP contribution in [-0.4, -0.2) is 29.1 Å². The van der Waals surface area contributed by atoms with Crippen LogP contribution in [0.4, 0.5) is 0 Å². The van der Waals surface area contributed by atoms with Crippen LogP contribution in [0.5, 0.6) is 11.5 Å². The van der Waals surface area contributed by atoms with Gasteiger partial charge in [-0.15, -0.1) is 0 Å². The normalized spacial score (nSPS) is 12.2. The van der Waals surface area contributed by atoms with Gasteiger partial charge in [0.2, 0.25) is 0 Å². The molecule has 0 spiro atoms. The predicted octanol–water partition coefficient (Wildman–Crippen LogP) is 1.94. The van der Waals surface area contributed by atoms with Gasteiger partial charge in [-0.2, -0.15) is 5.10 Å². The smallest absolute Gasteiger partial charge is 0.125 e. The molecule has 2 rings (SSSR count). The Morgan fingerprint density at radius 1 is 1.26 bits per heavy atom. The van der Waals surface area contributed by atoms with Gasteiger partial charge in [0.1, 0.15) is 17.6 Å². The Hall–Kier alpha value is -2.01. The number of aromatic nitrogens is 2. The first-order chi connectivity index (χ1) is 9.15. The molecule has 1 N–H and O–H groups in total. The number of ether oxygens (including phenoxy) is 2. The Balaban J connectivity index is 2.26. The topological polar surface area (TPSA) is 56.5 Å². The van der Waals surface area contributed by atoms with Crippen LogP contribution in [0.25, 0.3) is 0 Å². The van der Waals surface area contributed by atoms with E-state index in [0.717, 1.165) is 5.69 Å². The van der Waals surface area contributed by atoms with Crippen molar-refractivity contribution in [1.82, 2.24) is 9.78 Å². The second-order valence-corrected chi connectivity index (χ2v) is 4.28. The first-order valence-corrected chi connectivity index (χ1v) is 6.04. The van der Waals surface area contributed by atoms with E-state index in [2.05, 4.69) is 5.10 Å². The molecular weight excluding hydrogens is 244 g/mol. The van der Waals surface area contributed by atoms with Gasteiger partial charge >= 0.3 is 0 Å². The maximum Gasteiger partial charge on any atom is 0.125 e. The van der Waals surface area contributed by atoms with Crippen LogP contribution in [0.1, 0.15) is 17.4 Å². The second kappa shape index (κ2) is 5.75. The number of aryl methyl sites for hydroxylation is 1. The Morgan fingerprint density at radius 3 is 2.63 bits per heavy atom. The summed E-state index contributed by atoms with van der Waals surface area (Å²) >= 11 is 0. The summed E-state index contributed by atoms with van der Waals surface area (Å²) in [5.41, 5.74) is 1.69. The van der Waals surface area contributed by atoms with Crippen LogP contribution in [0.15, 0.2) is 30.5 Å². The molecule has 0 fully saturated rings. The first-order valence-electron chi connectivity index (χ1n) is 6.04. The van der Waals surface area contributed by atoms with Crippen LogP contribution < -0.4 is 9.47 Å². The van der Waals surface area contributed by atoms with E-state index in [0.29, 0.717) is 23.6 Å². The number of rotatable bonds is 5. The lowest BCUT2D eigenvalue weighted by molar-refractivity contribution is 0.146.